The number of halogens is 1. The number of nitrogens with zero attached hydrogens (tertiary/aromatic N) is 3. The van der Waals surface area contributed by atoms with Gasteiger partial charge in [0.2, 0.25) is 17.7 Å². The van der Waals surface area contributed by atoms with Crippen LogP contribution in [0.4, 0.5) is 4.79 Å². The number of methoxy groups -OCH3 is 2. The number of amides is 4. The molecular weight excluding hydrogens is 960 g/mol. The maximum Gasteiger partial charge on any atom is 0.408 e. The smallest absolute Gasteiger partial charge is 0.408 e. The zero-order chi connectivity index (χ0) is 51.9. The molecule has 2 saturated carbocycles. The third-order valence-electron chi connectivity index (χ3n) is 12.2. The number of fused-ring (bicyclic) bond motifs is 2. The SMILES string of the molecule is CC[C@@H]1C[C@]1(NC(=O)[C@@H]1C[C@@H](Oc2nccc3cc(OCCOC)ccc23)CN1C(=O)[C@@H](NC(=O)OC(C)(C)C)C(C)(C)C)C(=O)NS(=O)(=O)OC1(C)CC1.COCCOc1ccc2c(Cl)nccc2c1. The molecule has 2 aliphatic carbocycles. The van der Waals surface area contributed by atoms with Crippen LogP contribution in [0.3, 0.4) is 0 Å². The van der Waals surface area contributed by atoms with Crippen LogP contribution in [-0.4, -0.2) is 129 Å². The Balaban J connectivity index is 0.000000434. The third-order valence-corrected chi connectivity index (χ3v) is 13.6. The Morgan fingerprint density at radius 3 is 2.00 bits per heavy atom. The van der Waals surface area contributed by atoms with Gasteiger partial charge in [-0.15, -0.1) is 0 Å². The first-order valence-electron chi connectivity index (χ1n) is 23.6. The van der Waals surface area contributed by atoms with E-state index >= 15 is 0 Å². The molecule has 0 spiro atoms. The highest BCUT2D eigenvalue weighted by Crippen LogP contribution is 2.47. The number of benzene rings is 2. The Hall–Kier alpha value is -5.54. The Labute approximate surface area is 420 Å². The summed E-state index contributed by atoms with van der Waals surface area (Å²) in [4.78, 5) is 65.3. The summed E-state index contributed by atoms with van der Waals surface area (Å²) in [5.74, 6) is -0.795. The second-order valence-electron chi connectivity index (χ2n) is 20.3. The molecule has 2 aromatic heterocycles. The molecule has 21 heteroatoms. The molecule has 388 valence electrons. The van der Waals surface area contributed by atoms with E-state index in [0.29, 0.717) is 62.0 Å². The molecule has 1 saturated heterocycles. The number of likely N-dealkylation sites (tertiary alicyclic amines) is 1. The van der Waals surface area contributed by atoms with Gasteiger partial charge >= 0.3 is 16.4 Å². The number of alkyl carbamates (subject to hydrolysis) is 1. The van der Waals surface area contributed by atoms with Crippen molar-refractivity contribution in [1.29, 1.82) is 0 Å². The normalized spacial score (nSPS) is 20.8. The number of hydrogen-bond acceptors (Lipinski definition) is 15. The van der Waals surface area contributed by atoms with Gasteiger partial charge in [0.1, 0.15) is 59.2 Å². The molecule has 71 heavy (non-hydrogen) atoms. The fourth-order valence-corrected chi connectivity index (χ4v) is 9.52. The molecular formula is C50H67ClN6O13S. The summed E-state index contributed by atoms with van der Waals surface area (Å²) in [6.07, 6.45) is 3.47. The molecule has 3 aliphatic rings. The molecule has 7 rings (SSSR count). The van der Waals surface area contributed by atoms with E-state index in [4.69, 9.17) is 44.2 Å². The lowest BCUT2D eigenvalue weighted by Crippen LogP contribution is -2.60. The Morgan fingerprint density at radius 2 is 1.45 bits per heavy atom. The lowest BCUT2D eigenvalue weighted by molar-refractivity contribution is -0.143. The molecule has 0 radical (unpaired) electrons. The molecule has 3 fully saturated rings. The first-order valence-corrected chi connectivity index (χ1v) is 25.4. The minimum atomic E-state index is -4.46. The van der Waals surface area contributed by atoms with Crippen molar-refractivity contribution in [2.24, 2.45) is 11.3 Å². The van der Waals surface area contributed by atoms with E-state index in [1.807, 2.05) is 54.1 Å². The number of carbonyl (C=O) groups excluding carboxylic acids is 4. The number of aromatic nitrogens is 2. The van der Waals surface area contributed by atoms with E-state index in [0.717, 1.165) is 21.9 Å². The summed E-state index contributed by atoms with van der Waals surface area (Å²) in [5.41, 5.74) is -4.08. The summed E-state index contributed by atoms with van der Waals surface area (Å²) < 4.78 is 65.9. The molecule has 3 N–H and O–H groups in total. The topological polar surface area (TPSA) is 232 Å². The van der Waals surface area contributed by atoms with Gasteiger partial charge in [-0.3, -0.25) is 14.4 Å². The number of hydrogen-bond donors (Lipinski definition) is 3. The monoisotopic (exact) mass is 1030 g/mol. The van der Waals surface area contributed by atoms with Gasteiger partial charge in [-0.1, -0.05) is 45.7 Å². The van der Waals surface area contributed by atoms with Crippen molar-refractivity contribution in [3.05, 3.63) is 66.1 Å². The standard InChI is InChI=1S/C38H55N5O11S.C12H12ClNO2/c1-10-24-21-38(24,33(46)42-55(48,49)54-37(8)14-15-37)41-30(44)28-20-26(22-43(28)32(45)29(35(2,3)4)40-34(47)53-36(5,6)7)52-31-27-12-11-25(51-18-17-50-9)19-23(27)13-16-39-31;1-15-6-7-16-10-2-3-11-9(8-10)4-5-14-12(11)13/h11-13,16,19,24,26,28-29H,10,14-15,17-18,20-22H2,1-9H3,(H,40,47)(H,41,44)(H,42,46);2-5,8H,6-7H2,1H3/t24-,26-,28+,29-,38-;/m1./s1. The molecule has 4 aromatic rings. The summed E-state index contributed by atoms with van der Waals surface area (Å²) in [5, 5.41) is 9.46. The van der Waals surface area contributed by atoms with Crippen molar-refractivity contribution >= 4 is 67.3 Å². The predicted octanol–water partition coefficient (Wildman–Crippen LogP) is 6.68. The molecule has 19 nitrogen and oxygen atoms in total. The minimum absolute atomic E-state index is 0.00537. The van der Waals surface area contributed by atoms with Gasteiger partial charge in [-0.25, -0.2) is 23.7 Å². The van der Waals surface area contributed by atoms with Crippen molar-refractivity contribution in [3.8, 4) is 17.4 Å². The number of rotatable bonds is 19. The number of nitrogens with one attached hydrogen (secondary N) is 3. The zero-order valence-electron chi connectivity index (χ0n) is 42.1. The van der Waals surface area contributed by atoms with Crippen molar-refractivity contribution in [3.63, 3.8) is 0 Å². The van der Waals surface area contributed by atoms with E-state index in [9.17, 15) is 27.6 Å². The summed E-state index contributed by atoms with van der Waals surface area (Å²) in [7, 11) is -1.22. The van der Waals surface area contributed by atoms with E-state index < -0.39 is 74.5 Å². The van der Waals surface area contributed by atoms with Crippen molar-refractivity contribution in [2.45, 2.75) is 122 Å². The lowest BCUT2D eigenvalue weighted by atomic mass is 9.85. The Kier molecular flexibility index (Phi) is 17.3. The molecule has 4 amide bonds. The van der Waals surface area contributed by atoms with Crippen LogP contribution < -0.4 is 29.6 Å². The van der Waals surface area contributed by atoms with Gasteiger partial charge < -0.3 is 44.0 Å². The van der Waals surface area contributed by atoms with Crippen LogP contribution in [0.1, 0.15) is 87.5 Å². The molecule has 0 bridgehead atoms. The Morgan fingerprint density at radius 1 is 0.859 bits per heavy atom. The molecule has 1 aliphatic heterocycles. The maximum atomic E-state index is 14.5. The van der Waals surface area contributed by atoms with Gasteiger partial charge in [-0.05, 0) is 118 Å². The number of pyridine rings is 2. The van der Waals surface area contributed by atoms with E-state index in [2.05, 4.69) is 20.6 Å². The molecule has 5 atom stereocenters. The lowest BCUT2D eigenvalue weighted by Gasteiger charge is -2.36. The number of ether oxygens (including phenoxy) is 6. The predicted molar refractivity (Wildman–Crippen MR) is 265 cm³/mol. The van der Waals surface area contributed by atoms with Crippen molar-refractivity contribution in [1.82, 2.24) is 30.2 Å². The van der Waals surface area contributed by atoms with Crippen LogP contribution in [0.2, 0.25) is 5.15 Å². The van der Waals surface area contributed by atoms with Crippen LogP contribution in [0.15, 0.2) is 60.9 Å². The molecule has 2 aromatic carbocycles. The maximum absolute atomic E-state index is 14.5. The first kappa shape index (κ1) is 54.8. The highest BCUT2D eigenvalue weighted by Gasteiger charge is 2.62. The van der Waals surface area contributed by atoms with Crippen molar-refractivity contribution in [2.75, 3.05) is 47.2 Å². The van der Waals surface area contributed by atoms with E-state index in [1.54, 1.807) is 81.1 Å². The fourth-order valence-electron chi connectivity index (χ4n) is 8.14. The van der Waals surface area contributed by atoms with Gasteiger partial charge in [0, 0.05) is 43.8 Å². The zero-order valence-corrected chi connectivity index (χ0v) is 43.7. The average Bonchev–Trinajstić information content (AvgIpc) is 4.16. The second kappa shape index (κ2) is 22.5. The van der Waals surface area contributed by atoms with Crippen LogP contribution >= 0.6 is 11.6 Å². The molecule has 0 unspecified atom stereocenters. The van der Waals surface area contributed by atoms with Crippen molar-refractivity contribution < 1.29 is 60.2 Å². The van der Waals surface area contributed by atoms with Crippen LogP contribution in [0.25, 0.3) is 21.5 Å². The average molecular weight is 1030 g/mol. The first-order chi connectivity index (χ1) is 33.4. The number of carbonyl (C=O) groups is 4. The van der Waals surface area contributed by atoms with Gasteiger partial charge in [0.15, 0.2) is 0 Å². The summed E-state index contributed by atoms with van der Waals surface area (Å²) >= 11 is 5.96. The van der Waals surface area contributed by atoms with Gasteiger partial charge in [0.25, 0.3) is 5.91 Å². The largest absolute Gasteiger partial charge is 0.491 e. The quantitative estimate of drug-likeness (QED) is 0.0657. The van der Waals surface area contributed by atoms with E-state index in [-0.39, 0.29) is 31.2 Å². The highest BCUT2D eigenvalue weighted by molar-refractivity contribution is 7.85. The highest BCUT2D eigenvalue weighted by atomic mass is 35.5. The van der Waals surface area contributed by atoms with Crippen LogP contribution in [-0.2, 0) is 43.1 Å². The summed E-state index contributed by atoms with van der Waals surface area (Å²) in [6.45, 7) is 15.8. The van der Waals surface area contributed by atoms with Crippen LogP contribution in [0, 0.1) is 11.3 Å². The minimum Gasteiger partial charge on any atom is -0.491 e. The van der Waals surface area contributed by atoms with Crippen LogP contribution in [0.5, 0.6) is 17.4 Å². The Bertz CT molecular complexity index is 2670. The van der Waals surface area contributed by atoms with E-state index in [1.165, 1.54) is 4.90 Å². The third kappa shape index (κ3) is 14.6. The van der Waals surface area contributed by atoms with Gasteiger partial charge in [-0.2, -0.15) is 8.42 Å². The van der Waals surface area contributed by atoms with Gasteiger partial charge in [0.05, 0.1) is 25.4 Å². The summed E-state index contributed by atoms with van der Waals surface area (Å²) in [6, 6.07) is 12.6. The second-order valence-corrected chi connectivity index (χ2v) is 21.9. The molecule has 3 heterocycles. The fraction of sp³-hybridized carbons (Fsp3) is 0.560.